The summed E-state index contributed by atoms with van der Waals surface area (Å²) in [6.45, 7) is 2.41. The van der Waals surface area contributed by atoms with Crippen LogP contribution in [0.2, 0.25) is 0 Å². The minimum absolute atomic E-state index is 0.0715. The average Bonchev–Trinajstić information content (AvgIpc) is 2.84. The summed E-state index contributed by atoms with van der Waals surface area (Å²) in [5.41, 5.74) is 3.69. The molecule has 1 heterocycles. The molecule has 0 fully saturated rings. The fourth-order valence-corrected chi connectivity index (χ4v) is 4.05. The summed E-state index contributed by atoms with van der Waals surface area (Å²) in [7, 11) is 3.51. The Bertz CT molecular complexity index is 1130. The monoisotopic (exact) mass is 451 g/mol. The van der Waals surface area contributed by atoms with Gasteiger partial charge in [-0.25, -0.2) is 4.39 Å². The Morgan fingerprint density at radius 1 is 1.15 bits per heavy atom. The largest absolute Gasteiger partial charge is 0.497 e. The summed E-state index contributed by atoms with van der Waals surface area (Å²) in [5.74, 6) is 0.997. The van der Waals surface area contributed by atoms with Gasteiger partial charge >= 0.3 is 0 Å². The molecule has 0 radical (unpaired) electrons. The molecule has 4 rings (SSSR count). The highest BCUT2D eigenvalue weighted by atomic mass is 19.1. The molecule has 0 bridgehead atoms. The summed E-state index contributed by atoms with van der Waals surface area (Å²) in [5, 5.41) is 10.5. The number of hydrogen-bond donors (Lipinski definition) is 1. The van der Waals surface area contributed by atoms with Crippen molar-refractivity contribution in [1.82, 2.24) is 0 Å². The van der Waals surface area contributed by atoms with Crippen LogP contribution in [-0.2, 0) is 9.53 Å². The van der Waals surface area contributed by atoms with E-state index in [1.807, 2.05) is 43.4 Å². The van der Waals surface area contributed by atoms with Gasteiger partial charge in [0.15, 0.2) is 0 Å². The fourth-order valence-electron chi connectivity index (χ4n) is 4.05. The number of carbonyl (C=O) groups is 1. The van der Waals surface area contributed by atoms with Crippen LogP contribution < -0.4 is 14.4 Å². The molecule has 0 aliphatic carbocycles. The fraction of sp³-hybridized carbons (Fsp3) is 0.269. The van der Waals surface area contributed by atoms with Crippen molar-refractivity contribution in [2.75, 3.05) is 25.7 Å². The molecule has 3 aromatic carbocycles. The number of anilines is 1. The Labute approximate surface area is 192 Å². The molecule has 3 aromatic rings. The number of fused-ring (bicyclic) bond motifs is 1. The molecule has 33 heavy (non-hydrogen) atoms. The van der Waals surface area contributed by atoms with Gasteiger partial charge in [0.05, 0.1) is 18.8 Å². The summed E-state index contributed by atoms with van der Waals surface area (Å²) in [4.78, 5) is 12.7. The minimum atomic E-state index is -0.952. The van der Waals surface area contributed by atoms with Gasteiger partial charge in [-0.15, -0.1) is 0 Å². The Kier molecular flexibility index (Phi) is 6.51. The number of rotatable bonds is 7. The standard InChI is InChI=1S/C26H26FNO5/c1-16(33-15-29)26(30)19-8-11-25-23(12-19)28(2)24(14-32-25)18-6-4-17(5-7-18)21-13-20(31-3)9-10-22(21)27/h4-13,15-16,24,26,30H,14H2,1-3H3/t16-,24?,26+/m0/s1. The lowest BCUT2D eigenvalue weighted by Crippen LogP contribution is -2.33. The molecule has 172 valence electrons. The number of carbonyl (C=O) groups excluding carboxylic acids is 1. The molecule has 1 aliphatic rings. The predicted octanol–water partition coefficient (Wildman–Crippen LogP) is 4.67. The van der Waals surface area contributed by atoms with E-state index in [1.165, 1.54) is 6.07 Å². The third-order valence-electron chi connectivity index (χ3n) is 6.06. The van der Waals surface area contributed by atoms with Gasteiger partial charge in [0, 0.05) is 12.6 Å². The average molecular weight is 451 g/mol. The van der Waals surface area contributed by atoms with Gasteiger partial charge in [0.2, 0.25) is 0 Å². The van der Waals surface area contributed by atoms with Gasteiger partial charge in [-0.2, -0.15) is 0 Å². The van der Waals surface area contributed by atoms with Crippen LogP contribution in [0.5, 0.6) is 11.5 Å². The van der Waals surface area contributed by atoms with Crippen LogP contribution in [0.3, 0.4) is 0 Å². The number of aliphatic hydroxyl groups excluding tert-OH is 1. The number of nitrogens with zero attached hydrogens (tertiary/aromatic N) is 1. The van der Waals surface area contributed by atoms with E-state index in [-0.39, 0.29) is 11.9 Å². The minimum Gasteiger partial charge on any atom is -0.497 e. The van der Waals surface area contributed by atoms with E-state index >= 15 is 0 Å². The van der Waals surface area contributed by atoms with Crippen LogP contribution >= 0.6 is 0 Å². The number of halogens is 1. The van der Waals surface area contributed by atoms with Crippen molar-refractivity contribution in [3.8, 4) is 22.6 Å². The molecule has 6 nitrogen and oxygen atoms in total. The quantitative estimate of drug-likeness (QED) is 0.527. The topological polar surface area (TPSA) is 68.2 Å². The maximum atomic E-state index is 14.4. The van der Waals surface area contributed by atoms with Crippen LogP contribution in [0.1, 0.15) is 30.2 Å². The van der Waals surface area contributed by atoms with E-state index in [1.54, 1.807) is 32.2 Å². The number of benzene rings is 3. The van der Waals surface area contributed by atoms with Crippen molar-refractivity contribution in [3.63, 3.8) is 0 Å². The van der Waals surface area contributed by atoms with Crippen LogP contribution in [0, 0.1) is 5.82 Å². The first-order chi connectivity index (χ1) is 15.9. The maximum Gasteiger partial charge on any atom is 0.293 e. The van der Waals surface area contributed by atoms with Gasteiger partial charge in [-0.3, -0.25) is 4.79 Å². The third-order valence-corrected chi connectivity index (χ3v) is 6.06. The Hall–Kier alpha value is -3.58. The number of hydrogen-bond acceptors (Lipinski definition) is 6. The van der Waals surface area contributed by atoms with Crippen molar-refractivity contribution >= 4 is 12.2 Å². The maximum absolute atomic E-state index is 14.4. The summed E-state index contributed by atoms with van der Waals surface area (Å²) in [6, 6.07) is 17.7. The highest BCUT2D eigenvalue weighted by molar-refractivity contribution is 5.67. The van der Waals surface area contributed by atoms with Crippen molar-refractivity contribution in [1.29, 1.82) is 0 Å². The van der Waals surface area contributed by atoms with Crippen molar-refractivity contribution in [3.05, 3.63) is 77.6 Å². The van der Waals surface area contributed by atoms with Gasteiger partial charge in [-0.1, -0.05) is 30.3 Å². The molecule has 0 amide bonds. The highest BCUT2D eigenvalue weighted by Crippen LogP contribution is 2.40. The van der Waals surface area contributed by atoms with Gasteiger partial charge in [0.25, 0.3) is 6.47 Å². The van der Waals surface area contributed by atoms with Crippen molar-refractivity contribution < 1.29 is 28.5 Å². The van der Waals surface area contributed by atoms with E-state index in [9.17, 15) is 14.3 Å². The number of aliphatic hydroxyl groups is 1. The van der Waals surface area contributed by atoms with Crippen molar-refractivity contribution in [2.24, 2.45) is 0 Å². The first-order valence-electron chi connectivity index (χ1n) is 10.6. The summed E-state index contributed by atoms with van der Waals surface area (Å²) < 4.78 is 30.4. The molecular formula is C26H26FNO5. The van der Waals surface area contributed by atoms with E-state index in [0.717, 1.165) is 16.8 Å². The highest BCUT2D eigenvalue weighted by Gasteiger charge is 2.28. The molecule has 0 saturated heterocycles. The first kappa shape index (κ1) is 22.6. The zero-order valence-electron chi connectivity index (χ0n) is 18.7. The molecule has 1 unspecified atom stereocenters. The second kappa shape index (κ2) is 9.50. The molecule has 0 saturated carbocycles. The van der Waals surface area contributed by atoms with E-state index in [0.29, 0.717) is 35.7 Å². The molecule has 7 heteroatoms. The zero-order chi connectivity index (χ0) is 23.5. The lowest BCUT2D eigenvalue weighted by molar-refractivity contribution is -0.138. The third kappa shape index (κ3) is 4.50. The number of methoxy groups -OCH3 is 1. The zero-order valence-corrected chi connectivity index (χ0v) is 18.7. The van der Waals surface area contributed by atoms with Crippen molar-refractivity contribution in [2.45, 2.75) is 25.2 Å². The van der Waals surface area contributed by atoms with Gasteiger partial charge in [-0.05, 0) is 53.9 Å². The van der Waals surface area contributed by atoms with E-state index in [4.69, 9.17) is 14.2 Å². The summed E-state index contributed by atoms with van der Waals surface area (Å²) in [6.07, 6.45) is -1.62. The Balaban J connectivity index is 1.58. The molecule has 1 N–H and O–H groups in total. The normalized spacial score (nSPS) is 16.9. The Morgan fingerprint density at radius 3 is 2.61 bits per heavy atom. The lowest BCUT2D eigenvalue weighted by Gasteiger charge is -2.36. The number of ether oxygens (including phenoxy) is 3. The van der Waals surface area contributed by atoms with E-state index in [2.05, 4.69) is 4.90 Å². The predicted molar refractivity (Wildman–Crippen MR) is 123 cm³/mol. The second-order valence-electron chi connectivity index (χ2n) is 8.01. The molecule has 0 spiro atoms. The second-order valence-corrected chi connectivity index (χ2v) is 8.01. The smallest absolute Gasteiger partial charge is 0.293 e. The van der Waals surface area contributed by atoms with Crippen LogP contribution in [0.15, 0.2) is 60.7 Å². The lowest BCUT2D eigenvalue weighted by atomic mass is 9.98. The van der Waals surface area contributed by atoms with Crippen LogP contribution in [-0.4, -0.2) is 38.4 Å². The SMILES string of the molecule is COc1ccc(F)c(-c2ccc(C3COc4ccc([C@H](O)[C@H](C)OC=O)cc4N3C)cc2)c1. The number of likely N-dealkylation sites (N-methyl/N-ethyl adjacent to an activating group) is 1. The molecule has 3 atom stereocenters. The molecular weight excluding hydrogens is 425 g/mol. The first-order valence-corrected chi connectivity index (χ1v) is 10.6. The van der Waals surface area contributed by atoms with Crippen LogP contribution in [0.25, 0.3) is 11.1 Å². The molecule has 0 aromatic heterocycles. The van der Waals surface area contributed by atoms with E-state index < -0.39 is 12.2 Å². The van der Waals surface area contributed by atoms with Gasteiger partial charge < -0.3 is 24.2 Å². The summed E-state index contributed by atoms with van der Waals surface area (Å²) >= 11 is 0. The van der Waals surface area contributed by atoms with Crippen LogP contribution in [0.4, 0.5) is 10.1 Å². The molecule has 1 aliphatic heterocycles. The Morgan fingerprint density at radius 2 is 1.91 bits per heavy atom. The van der Waals surface area contributed by atoms with Gasteiger partial charge in [0.1, 0.15) is 36.1 Å².